The molecule has 2 unspecified atom stereocenters. The zero-order valence-corrected chi connectivity index (χ0v) is 23.7. The Morgan fingerprint density at radius 3 is 2.80 bits per heavy atom. The van der Waals surface area contributed by atoms with E-state index in [2.05, 4.69) is 18.8 Å². The van der Waals surface area contributed by atoms with Crippen LogP contribution in [0.2, 0.25) is 0 Å². The number of carbonyl (C=O) groups excluding carboxylic acids is 2. The van der Waals surface area contributed by atoms with Crippen molar-refractivity contribution in [1.29, 1.82) is 0 Å². The molecule has 3 heterocycles. The number of aromatic nitrogens is 1. The Balaban J connectivity index is 1.48. The van der Waals surface area contributed by atoms with Crippen molar-refractivity contribution in [2.45, 2.75) is 45.8 Å². The van der Waals surface area contributed by atoms with Crippen LogP contribution in [0.3, 0.4) is 0 Å². The first-order valence-corrected chi connectivity index (χ1v) is 14.4. The summed E-state index contributed by atoms with van der Waals surface area (Å²) in [5.74, 6) is -0.559. The van der Waals surface area contributed by atoms with Gasteiger partial charge in [0, 0.05) is 12.0 Å². The van der Waals surface area contributed by atoms with E-state index in [1.807, 2.05) is 13.0 Å². The number of aliphatic hydroxyl groups is 1. The molecule has 1 fully saturated rings. The number of hydrogen-bond acceptors (Lipinski definition) is 7. The highest BCUT2D eigenvalue weighted by atomic mass is 32.1. The molecule has 9 heteroatoms. The number of Topliss-reactive ketones (excluding diaryl/α,β-unsaturated/α-hetero) is 1. The maximum atomic E-state index is 14.0. The van der Waals surface area contributed by atoms with Crippen LogP contribution >= 0.6 is 11.3 Å². The number of fused-ring (bicyclic) bond motifs is 2. The summed E-state index contributed by atoms with van der Waals surface area (Å²) in [7, 11) is 0. The Morgan fingerprint density at radius 2 is 2.00 bits per heavy atom. The molecule has 0 bridgehead atoms. The van der Waals surface area contributed by atoms with Gasteiger partial charge in [-0.05, 0) is 78.9 Å². The van der Waals surface area contributed by atoms with Crippen molar-refractivity contribution >= 4 is 44.1 Å². The number of amides is 1. The second kappa shape index (κ2) is 10.6. The molecule has 1 saturated heterocycles. The van der Waals surface area contributed by atoms with Crippen molar-refractivity contribution in [2.24, 2.45) is 5.92 Å². The fourth-order valence-corrected chi connectivity index (χ4v) is 6.26. The molecule has 0 radical (unpaired) electrons. The molecule has 7 nitrogen and oxygen atoms in total. The molecule has 4 aromatic rings. The third-order valence-electron chi connectivity index (χ3n) is 7.30. The number of aliphatic hydroxyl groups excluding tert-OH is 1. The molecular formula is C32H29FN2O5S. The molecule has 2 atom stereocenters. The van der Waals surface area contributed by atoms with Crippen LogP contribution in [0.4, 0.5) is 9.52 Å². The van der Waals surface area contributed by atoms with Gasteiger partial charge in [-0.15, -0.1) is 0 Å². The van der Waals surface area contributed by atoms with Crippen LogP contribution in [0.5, 0.6) is 11.5 Å². The van der Waals surface area contributed by atoms with Crippen LogP contribution < -0.4 is 14.4 Å². The van der Waals surface area contributed by atoms with Gasteiger partial charge in [0.15, 0.2) is 5.13 Å². The molecular weight excluding hydrogens is 543 g/mol. The lowest BCUT2D eigenvalue weighted by atomic mass is 9.94. The highest BCUT2D eigenvalue weighted by Gasteiger charge is 2.48. The largest absolute Gasteiger partial charge is 0.507 e. The summed E-state index contributed by atoms with van der Waals surface area (Å²) in [4.78, 5) is 33.1. The number of anilines is 1. The van der Waals surface area contributed by atoms with Crippen molar-refractivity contribution in [3.63, 3.8) is 0 Å². The van der Waals surface area contributed by atoms with Gasteiger partial charge in [0.1, 0.15) is 29.2 Å². The second-order valence-electron chi connectivity index (χ2n) is 10.8. The maximum absolute atomic E-state index is 14.0. The van der Waals surface area contributed by atoms with Gasteiger partial charge in [-0.3, -0.25) is 14.5 Å². The third-order valence-corrected chi connectivity index (χ3v) is 8.31. The van der Waals surface area contributed by atoms with Gasteiger partial charge in [0.25, 0.3) is 5.78 Å². The number of rotatable bonds is 7. The number of ether oxygens (including phenoxy) is 2. The van der Waals surface area contributed by atoms with Crippen molar-refractivity contribution in [1.82, 2.24) is 4.98 Å². The number of thiazole rings is 1. The predicted molar refractivity (Wildman–Crippen MR) is 156 cm³/mol. The fraction of sp³-hybridized carbons (Fsp3) is 0.281. The van der Waals surface area contributed by atoms with Gasteiger partial charge in [0.05, 0.1) is 28.4 Å². The van der Waals surface area contributed by atoms with Crippen molar-refractivity contribution < 1.29 is 28.6 Å². The highest BCUT2D eigenvalue weighted by molar-refractivity contribution is 7.22. The van der Waals surface area contributed by atoms with E-state index >= 15 is 0 Å². The van der Waals surface area contributed by atoms with Gasteiger partial charge in [0.2, 0.25) is 0 Å². The van der Waals surface area contributed by atoms with E-state index < -0.39 is 23.5 Å². The zero-order chi connectivity index (χ0) is 28.8. The number of benzene rings is 3. The quantitative estimate of drug-likeness (QED) is 0.149. The average molecular weight is 573 g/mol. The SMILES string of the molecule is CC(C)CCOc1cccc(C2/C(=C(/O)c3ccc4c(c3)CC(C)O4)C(=O)C(=O)N2c2nc3ccc(F)cc3s2)c1. The minimum Gasteiger partial charge on any atom is -0.507 e. The van der Waals surface area contributed by atoms with E-state index in [0.29, 0.717) is 46.0 Å². The summed E-state index contributed by atoms with van der Waals surface area (Å²) in [6, 6.07) is 15.6. The Bertz CT molecular complexity index is 1710. The summed E-state index contributed by atoms with van der Waals surface area (Å²) < 4.78 is 26.3. The van der Waals surface area contributed by atoms with Crippen molar-refractivity contribution in [3.05, 3.63) is 88.7 Å². The van der Waals surface area contributed by atoms with Crippen molar-refractivity contribution in [3.8, 4) is 11.5 Å². The summed E-state index contributed by atoms with van der Waals surface area (Å²) in [6.07, 6.45) is 1.55. The lowest BCUT2D eigenvalue weighted by molar-refractivity contribution is -0.132. The monoisotopic (exact) mass is 572 g/mol. The van der Waals surface area contributed by atoms with E-state index in [1.54, 1.807) is 36.4 Å². The molecule has 2 aliphatic rings. The molecule has 0 spiro atoms. The van der Waals surface area contributed by atoms with E-state index in [4.69, 9.17) is 9.47 Å². The van der Waals surface area contributed by atoms with Gasteiger partial charge in [-0.2, -0.15) is 0 Å². The first-order chi connectivity index (χ1) is 19.7. The molecule has 1 amide bonds. The third kappa shape index (κ3) is 5.06. The van der Waals surface area contributed by atoms with Crippen LogP contribution in [0.1, 0.15) is 49.9 Å². The minimum absolute atomic E-state index is 0.00952. The van der Waals surface area contributed by atoms with Gasteiger partial charge in [-0.1, -0.05) is 37.3 Å². The van der Waals surface area contributed by atoms with Crippen LogP contribution in [-0.2, 0) is 16.0 Å². The molecule has 0 saturated carbocycles. The minimum atomic E-state index is -0.975. The molecule has 210 valence electrons. The summed E-state index contributed by atoms with van der Waals surface area (Å²) in [5.41, 5.74) is 2.37. The maximum Gasteiger partial charge on any atom is 0.301 e. The average Bonchev–Trinajstić information content (AvgIpc) is 3.60. The standard InChI is InChI=1S/C32H29FN2O5S/c1-17(2)11-12-39-23-6-4-5-19(15-23)28-27(29(36)20-7-10-25-21(14-20)13-18(3)40-25)30(37)31(38)35(28)32-34-24-9-8-22(33)16-26(24)41-32/h4-10,14-18,28,36H,11-13H2,1-3H3/b29-27-. The van der Waals surface area contributed by atoms with E-state index in [9.17, 15) is 19.1 Å². The molecule has 41 heavy (non-hydrogen) atoms. The Morgan fingerprint density at radius 1 is 1.17 bits per heavy atom. The predicted octanol–water partition coefficient (Wildman–Crippen LogP) is 6.81. The second-order valence-corrected chi connectivity index (χ2v) is 11.8. The molecule has 1 N–H and O–H groups in total. The summed E-state index contributed by atoms with van der Waals surface area (Å²) >= 11 is 1.11. The van der Waals surface area contributed by atoms with Crippen LogP contribution in [-0.4, -0.2) is 34.5 Å². The zero-order valence-electron chi connectivity index (χ0n) is 22.9. The Kier molecular flexibility index (Phi) is 6.99. The molecule has 2 aliphatic heterocycles. The number of hydrogen-bond donors (Lipinski definition) is 1. The van der Waals surface area contributed by atoms with Crippen LogP contribution in [0, 0.1) is 11.7 Å². The lowest BCUT2D eigenvalue weighted by Gasteiger charge is -2.23. The number of nitrogens with zero attached hydrogens (tertiary/aromatic N) is 2. The number of carbonyl (C=O) groups is 2. The number of ketones is 1. The smallest absolute Gasteiger partial charge is 0.301 e. The van der Waals surface area contributed by atoms with Crippen molar-refractivity contribution in [2.75, 3.05) is 11.5 Å². The van der Waals surface area contributed by atoms with E-state index in [-0.39, 0.29) is 22.6 Å². The highest BCUT2D eigenvalue weighted by Crippen LogP contribution is 2.45. The first kappa shape index (κ1) is 27.0. The van der Waals surface area contributed by atoms with E-state index in [0.717, 1.165) is 29.1 Å². The van der Waals surface area contributed by atoms with Gasteiger partial charge in [-0.25, -0.2) is 9.37 Å². The Hall–Kier alpha value is -4.24. The Labute approximate surface area is 240 Å². The summed E-state index contributed by atoms with van der Waals surface area (Å²) in [6.45, 7) is 6.71. The molecule has 1 aromatic heterocycles. The normalized spacial score (nSPS) is 19.7. The van der Waals surface area contributed by atoms with Gasteiger partial charge < -0.3 is 14.6 Å². The van der Waals surface area contributed by atoms with Crippen LogP contribution in [0.25, 0.3) is 16.0 Å². The molecule has 0 aliphatic carbocycles. The van der Waals surface area contributed by atoms with Crippen LogP contribution in [0.15, 0.2) is 66.2 Å². The molecule has 3 aromatic carbocycles. The fourth-order valence-electron chi connectivity index (χ4n) is 5.25. The number of halogens is 1. The topological polar surface area (TPSA) is 89.0 Å². The first-order valence-electron chi connectivity index (χ1n) is 13.6. The molecule has 6 rings (SSSR count). The van der Waals surface area contributed by atoms with Gasteiger partial charge >= 0.3 is 5.91 Å². The van der Waals surface area contributed by atoms with E-state index in [1.165, 1.54) is 23.1 Å². The summed E-state index contributed by atoms with van der Waals surface area (Å²) in [5, 5.41) is 11.8. The lowest BCUT2D eigenvalue weighted by Crippen LogP contribution is -2.29.